The molecule has 0 aliphatic carbocycles. The van der Waals surface area contributed by atoms with E-state index in [1.165, 1.54) is 65.5 Å². The van der Waals surface area contributed by atoms with Crippen LogP contribution >= 0.6 is 0 Å². The van der Waals surface area contributed by atoms with E-state index in [1.54, 1.807) is 0 Å². The zero-order valence-corrected chi connectivity index (χ0v) is 23.7. The van der Waals surface area contributed by atoms with Crippen molar-refractivity contribution in [3.8, 4) is 22.6 Å². The van der Waals surface area contributed by atoms with Crippen molar-refractivity contribution in [3.63, 3.8) is 0 Å². The highest BCUT2D eigenvalue weighted by atomic mass is 15.0. The fourth-order valence-electron chi connectivity index (χ4n) is 6.94. The molecule has 0 fully saturated rings. The maximum Gasteiger partial charge on any atom is 0.0701 e. The van der Waals surface area contributed by atoms with Crippen molar-refractivity contribution in [3.05, 3.63) is 151 Å². The molecule has 6 aromatic carbocycles. The lowest BCUT2D eigenvalue weighted by Gasteiger charge is -2.12. The van der Waals surface area contributed by atoms with E-state index in [-0.39, 0.29) is 0 Å². The van der Waals surface area contributed by atoms with Crippen molar-refractivity contribution in [2.24, 2.45) is 0 Å². The number of rotatable bonds is 3. The van der Waals surface area contributed by atoms with Crippen molar-refractivity contribution in [2.75, 3.05) is 0 Å². The van der Waals surface area contributed by atoms with Gasteiger partial charge < -0.3 is 9.13 Å². The zero-order chi connectivity index (χ0) is 28.5. The van der Waals surface area contributed by atoms with E-state index in [0.29, 0.717) is 0 Å². The Kier molecular flexibility index (Phi) is 5.11. The Morgan fingerprint density at radius 1 is 0.535 bits per heavy atom. The van der Waals surface area contributed by atoms with Crippen LogP contribution in [0.2, 0.25) is 0 Å². The molecule has 202 valence electrons. The van der Waals surface area contributed by atoms with Crippen molar-refractivity contribution >= 4 is 54.3 Å². The summed E-state index contributed by atoms with van der Waals surface area (Å²) in [5.74, 6) is 0. The minimum Gasteiger partial charge on any atom is -0.316 e. The van der Waals surface area contributed by atoms with Gasteiger partial charge in [0, 0.05) is 50.9 Å². The van der Waals surface area contributed by atoms with Crippen molar-refractivity contribution in [1.29, 1.82) is 0 Å². The first-order valence-corrected chi connectivity index (χ1v) is 14.7. The van der Waals surface area contributed by atoms with Gasteiger partial charge in [-0.1, -0.05) is 84.9 Å². The summed E-state index contributed by atoms with van der Waals surface area (Å²) in [5, 5.41) is 8.88. The number of hydrogen-bond donors (Lipinski definition) is 0. The molecule has 3 aromatic heterocycles. The predicted octanol–water partition coefficient (Wildman–Crippen LogP) is 10.4. The van der Waals surface area contributed by atoms with Gasteiger partial charge in [0.25, 0.3) is 0 Å². The maximum atomic E-state index is 4.56. The Hall–Kier alpha value is -5.67. The van der Waals surface area contributed by atoms with Gasteiger partial charge in [-0.3, -0.25) is 4.98 Å². The summed E-state index contributed by atoms with van der Waals surface area (Å²) in [4.78, 5) is 4.56. The van der Waals surface area contributed by atoms with E-state index >= 15 is 0 Å². The molecule has 0 atom stereocenters. The third-order valence-corrected chi connectivity index (χ3v) is 8.93. The van der Waals surface area contributed by atoms with E-state index < -0.39 is 0 Å². The molecular formula is C40H27N3. The summed E-state index contributed by atoms with van der Waals surface area (Å²) in [7, 11) is 0. The number of aryl methyl sites for hydroxylation is 1. The van der Waals surface area contributed by atoms with Crippen LogP contribution in [0.15, 0.2) is 146 Å². The number of hydrogen-bond acceptors (Lipinski definition) is 1. The van der Waals surface area contributed by atoms with E-state index in [2.05, 4.69) is 149 Å². The van der Waals surface area contributed by atoms with Gasteiger partial charge >= 0.3 is 0 Å². The number of aromatic nitrogens is 3. The lowest BCUT2D eigenvalue weighted by molar-refractivity contribution is 1.11. The highest BCUT2D eigenvalue weighted by Gasteiger charge is 2.19. The van der Waals surface area contributed by atoms with Crippen molar-refractivity contribution < 1.29 is 0 Å². The molecule has 0 amide bonds. The first-order chi connectivity index (χ1) is 21.3. The third kappa shape index (κ3) is 3.52. The molecular weight excluding hydrogens is 522 g/mol. The van der Waals surface area contributed by atoms with Gasteiger partial charge in [-0.25, -0.2) is 0 Å². The second kappa shape index (κ2) is 9.17. The Morgan fingerprint density at radius 3 is 2.09 bits per heavy atom. The minimum atomic E-state index is 0.980. The first kappa shape index (κ1) is 24.0. The van der Waals surface area contributed by atoms with E-state index in [0.717, 1.165) is 16.9 Å². The van der Waals surface area contributed by atoms with Crippen LogP contribution in [0.1, 0.15) is 5.56 Å². The van der Waals surface area contributed by atoms with Crippen LogP contribution in [0.3, 0.4) is 0 Å². The Labute approximate surface area is 248 Å². The number of pyridine rings is 1. The monoisotopic (exact) mass is 549 g/mol. The molecule has 0 radical (unpaired) electrons. The normalized spacial score (nSPS) is 11.8. The van der Waals surface area contributed by atoms with Crippen LogP contribution in [0.4, 0.5) is 0 Å². The van der Waals surface area contributed by atoms with Gasteiger partial charge in [-0.2, -0.15) is 0 Å². The van der Waals surface area contributed by atoms with Crippen LogP contribution in [0, 0.1) is 6.92 Å². The lowest BCUT2D eigenvalue weighted by Crippen LogP contribution is -1.96. The molecule has 43 heavy (non-hydrogen) atoms. The van der Waals surface area contributed by atoms with Gasteiger partial charge in [-0.05, 0) is 77.2 Å². The number of para-hydroxylation sites is 1. The van der Waals surface area contributed by atoms with Crippen molar-refractivity contribution in [1.82, 2.24) is 14.1 Å². The Balaban J connectivity index is 1.39. The average molecular weight is 550 g/mol. The molecule has 9 rings (SSSR count). The predicted molar refractivity (Wildman–Crippen MR) is 181 cm³/mol. The lowest BCUT2D eigenvalue weighted by atomic mass is 9.98. The average Bonchev–Trinajstić information content (AvgIpc) is 3.65. The van der Waals surface area contributed by atoms with Gasteiger partial charge in [-0.15, -0.1) is 0 Å². The largest absolute Gasteiger partial charge is 0.316 e. The fraction of sp³-hybridized carbons (Fsp3) is 0.0250. The van der Waals surface area contributed by atoms with Gasteiger partial charge in [0.2, 0.25) is 0 Å². The molecule has 0 aliphatic heterocycles. The standard InChI is InChI=1S/C40H27N3/c1-26-8-2-5-12-35(26)42-25-23-29-15-19-32-33(40(29)42)20-22-37-39(32)38-31-10-4-3-9-27(31)16-21-36(38)43(37)30-17-13-28(14-18-30)34-11-6-7-24-41-34/h2-25H,1H3. The summed E-state index contributed by atoms with van der Waals surface area (Å²) in [6.07, 6.45) is 4.05. The smallest absolute Gasteiger partial charge is 0.0701 e. The minimum absolute atomic E-state index is 0.980. The summed E-state index contributed by atoms with van der Waals surface area (Å²) >= 11 is 0. The highest BCUT2D eigenvalue weighted by Crippen LogP contribution is 2.42. The summed E-state index contributed by atoms with van der Waals surface area (Å²) in [5.41, 5.74) is 9.36. The summed E-state index contributed by atoms with van der Waals surface area (Å²) in [6.45, 7) is 2.18. The van der Waals surface area contributed by atoms with E-state index in [9.17, 15) is 0 Å². The molecule has 0 N–H and O–H groups in total. The zero-order valence-electron chi connectivity index (χ0n) is 23.7. The topological polar surface area (TPSA) is 22.8 Å². The van der Waals surface area contributed by atoms with Crippen LogP contribution in [-0.2, 0) is 0 Å². The van der Waals surface area contributed by atoms with Crippen molar-refractivity contribution in [2.45, 2.75) is 6.92 Å². The van der Waals surface area contributed by atoms with Crippen LogP contribution < -0.4 is 0 Å². The molecule has 3 heteroatoms. The molecule has 9 aromatic rings. The summed E-state index contributed by atoms with van der Waals surface area (Å²) < 4.78 is 4.77. The number of fused-ring (bicyclic) bond motifs is 9. The molecule has 0 unspecified atom stereocenters. The molecule has 0 bridgehead atoms. The first-order valence-electron chi connectivity index (χ1n) is 14.7. The van der Waals surface area contributed by atoms with Crippen LogP contribution in [0.5, 0.6) is 0 Å². The van der Waals surface area contributed by atoms with Crippen LogP contribution in [-0.4, -0.2) is 14.1 Å². The molecule has 0 spiro atoms. The highest BCUT2D eigenvalue weighted by molar-refractivity contribution is 6.30. The Bertz CT molecular complexity index is 2500. The molecule has 0 saturated heterocycles. The molecule has 3 nitrogen and oxygen atoms in total. The SMILES string of the molecule is Cc1ccccc1-n1ccc2ccc3c(ccc4c3c3c5ccccc5ccc3n4-c3ccc(-c4ccccn4)cc3)c21. The van der Waals surface area contributed by atoms with Gasteiger partial charge in [0.15, 0.2) is 0 Å². The number of nitrogens with zero attached hydrogens (tertiary/aromatic N) is 3. The second-order valence-electron chi connectivity index (χ2n) is 11.3. The van der Waals surface area contributed by atoms with Crippen LogP contribution in [0.25, 0.3) is 76.9 Å². The van der Waals surface area contributed by atoms with E-state index in [4.69, 9.17) is 0 Å². The quantitative estimate of drug-likeness (QED) is 0.215. The molecule has 3 heterocycles. The second-order valence-corrected chi connectivity index (χ2v) is 11.3. The summed E-state index contributed by atoms with van der Waals surface area (Å²) in [6, 6.07) is 48.2. The van der Waals surface area contributed by atoms with E-state index in [1.807, 2.05) is 18.3 Å². The van der Waals surface area contributed by atoms with Gasteiger partial charge in [0.1, 0.15) is 0 Å². The molecule has 0 saturated carbocycles. The molecule has 0 aliphatic rings. The van der Waals surface area contributed by atoms with Gasteiger partial charge in [0.05, 0.1) is 22.2 Å². The number of benzene rings is 6. The third-order valence-electron chi connectivity index (χ3n) is 8.93. The maximum absolute atomic E-state index is 4.56. The Morgan fingerprint density at radius 2 is 1.26 bits per heavy atom. The fourth-order valence-corrected chi connectivity index (χ4v) is 6.94.